The highest BCUT2D eigenvalue weighted by molar-refractivity contribution is 5.85. The second kappa shape index (κ2) is 11.7. The Bertz CT molecular complexity index is 545. The lowest BCUT2D eigenvalue weighted by Gasteiger charge is -2.35. The van der Waals surface area contributed by atoms with Crippen LogP contribution in [0.5, 0.6) is 5.75 Å². The molecule has 0 bridgehead atoms. The number of benzene rings is 1. The number of hydrogen-bond donors (Lipinski definition) is 1. The zero-order chi connectivity index (χ0) is 16.8. The molecule has 1 unspecified atom stereocenters. The molecule has 2 heterocycles. The van der Waals surface area contributed by atoms with E-state index in [1.807, 2.05) is 17.0 Å². The van der Waals surface area contributed by atoms with E-state index in [2.05, 4.69) is 22.3 Å². The van der Waals surface area contributed by atoms with Gasteiger partial charge < -0.3 is 15.0 Å². The Labute approximate surface area is 169 Å². The fourth-order valence-corrected chi connectivity index (χ4v) is 3.68. The number of nitrogens with one attached hydrogen (secondary N) is 1. The number of halogens is 2. The van der Waals surface area contributed by atoms with Crippen LogP contribution in [0.3, 0.4) is 0 Å². The van der Waals surface area contributed by atoms with E-state index in [4.69, 9.17) is 4.74 Å². The first-order valence-corrected chi connectivity index (χ1v) is 9.09. The lowest BCUT2D eigenvalue weighted by Crippen LogP contribution is -2.48. The number of carbonyl (C=O) groups is 1. The molecule has 2 saturated heterocycles. The van der Waals surface area contributed by atoms with Crippen LogP contribution in [0.4, 0.5) is 0 Å². The van der Waals surface area contributed by atoms with E-state index in [-0.39, 0.29) is 24.8 Å². The zero-order valence-corrected chi connectivity index (χ0v) is 17.1. The summed E-state index contributed by atoms with van der Waals surface area (Å²) in [6, 6.07) is 8.17. The van der Waals surface area contributed by atoms with Crippen LogP contribution in [0.25, 0.3) is 0 Å². The Morgan fingerprint density at radius 1 is 1.19 bits per heavy atom. The van der Waals surface area contributed by atoms with Gasteiger partial charge in [0.1, 0.15) is 5.75 Å². The van der Waals surface area contributed by atoms with Crippen molar-refractivity contribution in [2.24, 2.45) is 5.92 Å². The Hall–Kier alpha value is -1.01. The molecule has 1 aromatic carbocycles. The number of ether oxygens (including phenoxy) is 1. The summed E-state index contributed by atoms with van der Waals surface area (Å²) in [4.78, 5) is 16.8. The normalized spacial score (nSPS) is 20.2. The first-order chi connectivity index (χ1) is 11.8. The van der Waals surface area contributed by atoms with Gasteiger partial charge in [0.25, 0.3) is 0 Å². The number of para-hydroxylation sites is 1. The summed E-state index contributed by atoms with van der Waals surface area (Å²) in [6.45, 7) is 6.65. The van der Waals surface area contributed by atoms with Gasteiger partial charge in [0.15, 0.2) is 0 Å². The molecular formula is C19H31Cl2N3O2. The summed E-state index contributed by atoms with van der Waals surface area (Å²) in [5.74, 6) is 1.97. The van der Waals surface area contributed by atoms with E-state index in [0.29, 0.717) is 18.2 Å². The maximum absolute atomic E-state index is 12.4. The lowest BCUT2D eigenvalue weighted by atomic mass is 10.0. The van der Waals surface area contributed by atoms with Crippen LogP contribution in [-0.4, -0.2) is 62.1 Å². The van der Waals surface area contributed by atoms with Gasteiger partial charge in [0.05, 0.1) is 7.11 Å². The average Bonchev–Trinajstić information content (AvgIpc) is 3.14. The van der Waals surface area contributed by atoms with Crippen molar-refractivity contribution in [1.29, 1.82) is 0 Å². The van der Waals surface area contributed by atoms with E-state index in [9.17, 15) is 4.79 Å². The fourth-order valence-electron chi connectivity index (χ4n) is 3.68. The molecule has 26 heavy (non-hydrogen) atoms. The molecule has 0 radical (unpaired) electrons. The Morgan fingerprint density at radius 2 is 1.92 bits per heavy atom. The van der Waals surface area contributed by atoms with Crippen molar-refractivity contribution in [3.63, 3.8) is 0 Å². The summed E-state index contributed by atoms with van der Waals surface area (Å²) in [5, 5.41) is 3.37. The predicted octanol–water partition coefficient (Wildman–Crippen LogP) is 2.57. The highest BCUT2D eigenvalue weighted by Gasteiger charge is 2.23. The summed E-state index contributed by atoms with van der Waals surface area (Å²) in [5.41, 5.74) is 1.22. The molecule has 1 atom stereocenters. The summed E-state index contributed by atoms with van der Waals surface area (Å²) in [7, 11) is 1.72. The monoisotopic (exact) mass is 403 g/mol. The van der Waals surface area contributed by atoms with Gasteiger partial charge in [-0.25, -0.2) is 0 Å². The first kappa shape index (κ1) is 23.0. The molecule has 148 valence electrons. The van der Waals surface area contributed by atoms with Gasteiger partial charge in [-0.1, -0.05) is 18.2 Å². The molecule has 1 amide bonds. The van der Waals surface area contributed by atoms with Gasteiger partial charge in [-0.05, 0) is 37.9 Å². The molecular weight excluding hydrogens is 373 g/mol. The molecule has 2 aliphatic rings. The van der Waals surface area contributed by atoms with E-state index >= 15 is 0 Å². The molecule has 5 nitrogen and oxygen atoms in total. The van der Waals surface area contributed by atoms with Gasteiger partial charge in [0.2, 0.25) is 5.91 Å². The molecule has 3 rings (SSSR count). The number of rotatable bonds is 6. The Morgan fingerprint density at radius 3 is 2.58 bits per heavy atom. The molecule has 2 fully saturated rings. The molecule has 7 heteroatoms. The van der Waals surface area contributed by atoms with E-state index in [1.54, 1.807) is 7.11 Å². The number of nitrogens with zero attached hydrogens (tertiary/aromatic N) is 2. The molecule has 1 N–H and O–H groups in total. The van der Waals surface area contributed by atoms with Crippen LogP contribution in [0.1, 0.15) is 24.8 Å². The average molecular weight is 404 g/mol. The number of carbonyl (C=O) groups excluding carboxylic acids is 1. The fraction of sp³-hybridized carbons (Fsp3) is 0.632. The Balaban J connectivity index is 0.00000169. The minimum absolute atomic E-state index is 0. The van der Waals surface area contributed by atoms with Crippen molar-refractivity contribution >= 4 is 30.7 Å². The highest BCUT2D eigenvalue weighted by atomic mass is 35.5. The van der Waals surface area contributed by atoms with E-state index < -0.39 is 0 Å². The number of methoxy groups -OCH3 is 1. The van der Waals surface area contributed by atoms with Crippen molar-refractivity contribution in [3.05, 3.63) is 29.8 Å². The van der Waals surface area contributed by atoms with Gasteiger partial charge in [-0.15, -0.1) is 24.8 Å². The second-order valence-corrected chi connectivity index (χ2v) is 6.87. The predicted molar refractivity (Wildman–Crippen MR) is 110 cm³/mol. The smallest absolute Gasteiger partial charge is 0.222 e. The number of amides is 1. The van der Waals surface area contributed by atoms with Crippen molar-refractivity contribution in [3.8, 4) is 5.75 Å². The molecule has 0 aliphatic carbocycles. The summed E-state index contributed by atoms with van der Waals surface area (Å²) >= 11 is 0. The quantitative estimate of drug-likeness (QED) is 0.792. The van der Waals surface area contributed by atoms with Crippen molar-refractivity contribution in [1.82, 2.24) is 15.1 Å². The third kappa shape index (κ3) is 6.31. The van der Waals surface area contributed by atoms with Gasteiger partial charge in [0, 0.05) is 44.7 Å². The molecule has 0 aromatic heterocycles. The topological polar surface area (TPSA) is 44.8 Å². The lowest BCUT2D eigenvalue weighted by molar-refractivity contribution is -0.133. The third-order valence-corrected chi connectivity index (χ3v) is 5.24. The maximum Gasteiger partial charge on any atom is 0.222 e. The van der Waals surface area contributed by atoms with Gasteiger partial charge in [-0.2, -0.15) is 0 Å². The van der Waals surface area contributed by atoms with Crippen LogP contribution < -0.4 is 10.1 Å². The minimum atomic E-state index is 0. The van der Waals surface area contributed by atoms with Crippen LogP contribution >= 0.6 is 24.8 Å². The summed E-state index contributed by atoms with van der Waals surface area (Å²) in [6.07, 6.45) is 2.96. The van der Waals surface area contributed by atoms with E-state index in [0.717, 1.165) is 58.0 Å². The van der Waals surface area contributed by atoms with Crippen molar-refractivity contribution in [2.45, 2.75) is 25.8 Å². The van der Waals surface area contributed by atoms with E-state index in [1.165, 1.54) is 12.0 Å². The molecule has 1 aromatic rings. The first-order valence-electron chi connectivity index (χ1n) is 9.09. The number of piperazine rings is 1. The number of hydrogen-bond acceptors (Lipinski definition) is 4. The second-order valence-electron chi connectivity index (χ2n) is 6.87. The summed E-state index contributed by atoms with van der Waals surface area (Å²) < 4.78 is 5.43. The van der Waals surface area contributed by atoms with Crippen LogP contribution in [0.15, 0.2) is 24.3 Å². The molecule has 2 aliphatic heterocycles. The third-order valence-electron chi connectivity index (χ3n) is 5.24. The highest BCUT2D eigenvalue weighted by Crippen LogP contribution is 2.20. The van der Waals surface area contributed by atoms with Crippen LogP contribution in [-0.2, 0) is 11.3 Å². The zero-order valence-electron chi connectivity index (χ0n) is 15.5. The molecule has 0 spiro atoms. The largest absolute Gasteiger partial charge is 0.496 e. The van der Waals surface area contributed by atoms with Crippen molar-refractivity contribution < 1.29 is 9.53 Å². The molecule has 0 saturated carbocycles. The van der Waals surface area contributed by atoms with Gasteiger partial charge in [-0.3, -0.25) is 9.69 Å². The SMILES string of the molecule is COc1ccccc1CN1CCN(C(=O)CCC2CCNC2)CC1.Cl.Cl. The van der Waals surface area contributed by atoms with Gasteiger partial charge >= 0.3 is 0 Å². The van der Waals surface area contributed by atoms with Crippen LogP contribution in [0, 0.1) is 5.92 Å². The Kier molecular flexibility index (Phi) is 10.3. The van der Waals surface area contributed by atoms with Crippen LogP contribution in [0.2, 0.25) is 0 Å². The standard InChI is InChI=1S/C19H29N3O2.2ClH/c1-24-18-5-3-2-4-17(18)15-21-10-12-22(13-11-21)19(23)7-6-16-8-9-20-14-16;;/h2-5,16,20H,6-15H2,1H3;2*1H. The maximum atomic E-state index is 12.4. The van der Waals surface area contributed by atoms with Crippen molar-refractivity contribution in [2.75, 3.05) is 46.4 Å². The minimum Gasteiger partial charge on any atom is -0.496 e.